The maximum atomic E-state index is 12.2. The summed E-state index contributed by atoms with van der Waals surface area (Å²) in [5.41, 5.74) is 1.46. The minimum absolute atomic E-state index is 0.0900. The molecule has 1 N–H and O–H groups in total. The van der Waals surface area contributed by atoms with Crippen LogP contribution in [-0.2, 0) is 0 Å². The van der Waals surface area contributed by atoms with Gasteiger partial charge in [-0.05, 0) is 50.2 Å². The van der Waals surface area contributed by atoms with Gasteiger partial charge in [-0.1, -0.05) is 12.1 Å². The Morgan fingerprint density at radius 1 is 1.14 bits per heavy atom. The van der Waals surface area contributed by atoms with Crippen LogP contribution >= 0.6 is 0 Å². The summed E-state index contributed by atoms with van der Waals surface area (Å²) in [5, 5.41) is 11.7. The van der Waals surface area contributed by atoms with Gasteiger partial charge in [0.25, 0.3) is 5.91 Å². The summed E-state index contributed by atoms with van der Waals surface area (Å²) in [7, 11) is 0. The molecule has 0 bridgehead atoms. The summed E-state index contributed by atoms with van der Waals surface area (Å²) in [6.07, 6.45) is 0.0900. The highest BCUT2D eigenvalue weighted by Gasteiger charge is 2.09. The average Bonchev–Trinajstić information content (AvgIpc) is 2.48. The molecule has 0 saturated heterocycles. The molecule has 0 aliphatic heterocycles. The first kappa shape index (κ1) is 14.6. The van der Waals surface area contributed by atoms with Gasteiger partial charge in [-0.2, -0.15) is 5.26 Å². The molecule has 4 nitrogen and oxygen atoms in total. The van der Waals surface area contributed by atoms with Gasteiger partial charge in [0, 0.05) is 5.56 Å². The lowest BCUT2D eigenvalue weighted by molar-refractivity contribution is 0.102. The predicted octanol–water partition coefficient (Wildman–Crippen LogP) is 3.60. The normalized spacial score (nSPS) is 10.0. The Morgan fingerprint density at radius 2 is 1.81 bits per heavy atom. The van der Waals surface area contributed by atoms with Crippen molar-refractivity contribution in [2.45, 2.75) is 20.0 Å². The highest BCUT2D eigenvalue weighted by molar-refractivity contribution is 6.04. The topological polar surface area (TPSA) is 62.1 Å². The average molecular weight is 280 g/mol. The standard InChI is InChI=1S/C17H16N2O2/c1-12(2)21-15-9-7-13(8-10-15)17(20)19-16-6-4-3-5-14(16)11-18/h3-10,12H,1-2H3,(H,19,20). The van der Waals surface area contributed by atoms with Gasteiger partial charge in [-0.25, -0.2) is 0 Å². The Hall–Kier alpha value is -2.80. The molecule has 0 saturated carbocycles. The zero-order valence-electron chi connectivity index (χ0n) is 12.0. The fourth-order valence-corrected chi connectivity index (χ4v) is 1.84. The zero-order chi connectivity index (χ0) is 15.2. The van der Waals surface area contributed by atoms with Crippen LogP contribution in [0.15, 0.2) is 48.5 Å². The second-order valence-electron chi connectivity index (χ2n) is 4.80. The number of nitriles is 1. The maximum absolute atomic E-state index is 12.2. The highest BCUT2D eigenvalue weighted by Crippen LogP contribution is 2.17. The Balaban J connectivity index is 2.12. The van der Waals surface area contributed by atoms with E-state index >= 15 is 0 Å². The molecule has 21 heavy (non-hydrogen) atoms. The second kappa shape index (κ2) is 6.58. The van der Waals surface area contributed by atoms with E-state index in [1.165, 1.54) is 0 Å². The zero-order valence-corrected chi connectivity index (χ0v) is 12.0. The lowest BCUT2D eigenvalue weighted by Gasteiger charge is -2.10. The number of carbonyl (C=O) groups excluding carboxylic acids is 1. The number of para-hydroxylation sites is 1. The van der Waals surface area contributed by atoms with Crippen molar-refractivity contribution in [3.63, 3.8) is 0 Å². The maximum Gasteiger partial charge on any atom is 0.255 e. The molecule has 0 radical (unpaired) electrons. The predicted molar refractivity (Wildman–Crippen MR) is 81.3 cm³/mol. The number of nitrogens with one attached hydrogen (secondary N) is 1. The van der Waals surface area contributed by atoms with Gasteiger partial charge >= 0.3 is 0 Å². The molecule has 0 atom stereocenters. The number of hydrogen-bond acceptors (Lipinski definition) is 3. The van der Waals surface area contributed by atoms with E-state index in [-0.39, 0.29) is 12.0 Å². The fraction of sp³-hybridized carbons (Fsp3) is 0.176. The number of hydrogen-bond donors (Lipinski definition) is 1. The van der Waals surface area contributed by atoms with E-state index in [4.69, 9.17) is 10.00 Å². The van der Waals surface area contributed by atoms with Gasteiger partial charge in [0.15, 0.2) is 0 Å². The van der Waals surface area contributed by atoms with Crippen LogP contribution in [0.4, 0.5) is 5.69 Å². The molecule has 0 unspecified atom stereocenters. The van der Waals surface area contributed by atoms with E-state index in [1.54, 1.807) is 48.5 Å². The number of amides is 1. The Morgan fingerprint density at radius 3 is 2.43 bits per heavy atom. The molecule has 0 aliphatic carbocycles. The van der Waals surface area contributed by atoms with Crippen LogP contribution in [0, 0.1) is 11.3 Å². The summed E-state index contributed by atoms with van der Waals surface area (Å²) in [4.78, 5) is 12.2. The summed E-state index contributed by atoms with van der Waals surface area (Å²) < 4.78 is 5.53. The second-order valence-corrected chi connectivity index (χ2v) is 4.80. The van der Waals surface area contributed by atoms with Crippen molar-refractivity contribution >= 4 is 11.6 Å². The van der Waals surface area contributed by atoms with Crippen LogP contribution in [-0.4, -0.2) is 12.0 Å². The molecule has 2 aromatic carbocycles. The van der Waals surface area contributed by atoms with Gasteiger partial charge in [-0.3, -0.25) is 4.79 Å². The fourth-order valence-electron chi connectivity index (χ4n) is 1.84. The molecule has 0 aromatic heterocycles. The molecular formula is C17H16N2O2. The van der Waals surface area contributed by atoms with Crippen LogP contribution in [0.2, 0.25) is 0 Å². The molecule has 0 fully saturated rings. The molecule has 106 valence electrons. The van der Waals surface area contributed by atoms with E-state index in [1.807, 2.05) is 19.9 Å². The molecular weight excluding hydrogens is 264 g/mol. The number of anilines is 1. The third-order valence-electron chi connectivity index (χ3n) is 2.78. The molecule has 0 spiro atoms. The first-order valence-corrected chi connectivity index (χ1v) is 6.67. The van der Waals surface area contributed by atoms with Crippen molar-refractivity contribution in [3.05, 3.63) is 59.7 Å². The number of benzene rings is 2. The Labute approximate surface area is 124 Å². The van der Waals surface area contributed by atoms with Crippen LogP contribution in [0.3, 0.4) is 0 Å². The van der Waals surface area contributed by atoms with Crippen molar-refractivity contribution in [1.82, 2.24) is 0 Å². The molecule has 2 rings (SSSR count). The van der Waals surface area contributed by atoms with Gasteiger partial charge < -0.3 is 10.1 Å². The SMILES string of the molecule is CC(C)Oc1ccc(C(=O)Nc2ccccc2C#N)cc1. The van der Waals surface area contributed by atoms with Crippen molar-refractivity contribution < 1.29 is 9.53 Å². The molecule has 1 amide bonds. The monoisotopic (exact) mass is 280 g/mol. The smallest absolute Gasteiger partial charge is 0.255 e. The Kier molecular flexibility index (Phi) is 4.57. The van der Waals surface area contributed by atoms with Crippen molar-refractivity contribution in [1.29, 1.82) is 5.26 Å². The number of nitrogens with zero attached hydrogens (tertiary/aromatic N) is 1. The number of ether oxygens (including phenoxy) is 1. The van der Waals surface area contributed by atoms with E-state index in [0.717, 1.165) is 5.75 Å². The van der Waals surface area contributed by atoms with Gasteiger partial charge in [0.05, 0.1) is 17.4 Å². The quantitative estimate of drug-likeness (QED) is 0.930. The Bertz CT molecular complexity index is 670. The van der Waals surface area contributed by atoms with Gasteiger partial charge in [-0.15, -0.1) is 0 Å². The largest absolute Gasteiger partial charge is 0.491 e. The van der Waals surface area contributed by atoms with Crippen LogP contribution in [0.5, 0.6) is 5.75 Å². The molecule has 2 aromatic rings. The van der Waals surface area contributed by atoms with Crippen molar-refractivity contribution in [2.24, 2.45) is 0 Å². The lowest BCUT2D eigenvalue weighted by atomic mass is 10.1. The van der Waals surface area contributed by atoms with Crippen LogP contribution in [0.1, 0.15) is 29.8 Å². The summed E-state index contributed by atoms with van der Waals surface area (Å²) in [6.45, 7) is 3.89. The third-order valence-corrected chi connectivity index (χ3v) is 2.78. The van der Waals surface area contributed by atoms with Gasteiger partial charge in [0.2, 0.25) is 0 Å². The highest BCUT2D eigenvalue weighted by atomic mass is 16.5. The third kappa shape index (κ3) is 3.83. The first-order valence-electron chi connectivity index (χ1n) is 6.67. The molecule has 0 aliphatic rings. The minimum atomic E-state index is -0.256. The van der Waals surface area contributed by atoms with E-state index in [9.17, 15) is 4.79 Å². The minimum Gasteiger partial charge on any atom is -0.491 e. The first-order chi connectivity index (χ1) is 10.1. The number of carbonyl (C=O) groups is 1. The van der Waals surface area contributed by atoms with Crippen molar-refractivity contribution in [2.75, 3.05) is 5.32 Å². The van der Waals surface area contributed by atoms with E-state index in [0.29, 0.717) is 16.8 Å². The van der Waals surface area contributed by atoms with E-state index in [2.05, 4.69) is 5.32 Å². The molecule has 4 heteroatoms. The number of rotatable bonds is 4. The molecule has 0 heterocycles. The van der Waals surface area contributed by atoms with Crippen molar-refractivity contribution in [3.8, 4) is 11.8 Å². The lowest BCUT2D eigenvalue weighted by Crippen LogP contribution is -2.13. The summed E-state index contributed by atoms with van der Waals surface area (Å²) >= 11 is 0. The summed E-state index contributed by atoms with van der Waals surface area (Å²) in [5.74, 6) is 0.466. The summed E-state index contributed by atoms with van der Waals surface area (Å²) in [6, 6.07) is 15.8. The van der Waals surface area contributed by atoms with Crippen LogP contribution in [0.25, 0.3) is 0 Å². The van der Waals surface area contributed by atoms with E-state index < -0.39 is 0 Å². The van der Waals surface area contributed by atoms with Gasteiger partial charge in [0.1, 0.15) is 11.8 Å². The van der Waals surface area contributed by atoms with Crippen LogP contribution < -0.4 is 10.1 Å².